The minimum atomic E-state index is 0.622. The van der Waals surface area contributed by atoms with Gasteiger partial charge in [0.15, 0.2) is 0 Å². The lowest BCUT2D eigenvalue weighted by molar-refractivity contribution is 0.530. The molecule has 0 fully saturated rings. The quantitative estimate of drug-likeness (QED) is 0.726. The Morgan fingerprint density at radius 3 is 3.00 bits per heavy atom. The minimum Gasteiger partial charge on any atom is -0.468 e. The van der Waals surface area contributed by atoms with E-state index < -0.39 is 0 Å². The molecule has 0 aliphatic rings. The summed E-state index contributed by atoms with van der Waals surface area (Å²) in [5, 5.41) is 1.04. The molecule has 0 spiro atoms. The molecule has 0 unspecified atom stereocenters. The lowest BCUT2D eigenvalue weighted by Gasteiger charge is -2.02. The normalized spacial score (nSPS) is 11.2. The summed E-state index contributed by atoms with van der Waals surface area (Å²) in [6, 6.07) is 9.90. The molecular formula is C14H15N3OS. The van der Waals surface area contributed by atoms with E-state index >= 15 is 0 Å². The predicted octanol–water partition coefficient (Wildman–Crippen LogP) is 2.72. The summed E-state index contributed by atoms with van der Waals surface area (Å²) in [7, 11) is 0. The topological polar surface area (TPSA) is 56.5 Å². The van der Waals surface area contributed by atoms with Crippen molar-refractivity contribution < 1.29 is 4.42 Å². The fraction of sp³-hybridized carbons (Fsp3) is 0.214. The first-order valence-electron chi connectivity index (χ1n) is 6.19. The molecule has 19 heavy (non-hydrogen) atoms. The molecule has 5 heteroatoms. The van der Waals surface area contributed by atoms with Crippen molar-refractivity contribution >= 4 is 17.4 Å². The monoisotopic (exact) mass is 273 g/mol. The van der Waals surface area contributed by atoms with Crippen LogP contribution in [-0.4, -0.2) is 15.9 Å². The predicted molar refractivity (Wildman–Crippen MR) is 76.2 cm³/mol. The van der Waals surface area contributed by atoms with E-state index in [-0.39, 0.29) is 0 Å². The zero-order valence-corrected chi connectivity index (χ0v) is 11.3. The summed E-state index contributed by atoms with van der Waals surface area (Å²) in [4.78, 5) is 4.66. The maximum absolute atomic E-state index is 5.70. The Labute approximate surface area is 115 Å². The highest BCUT2D eigenvalue weighted by molar-refractivity contribution is 7.98. The third-order valence-electron chi connectivity index (χ3n) is 2.90. The zero-order valence-electron chi connectivity index (χ0n) is 10.5. The number of hydrogen-bond acceptors (Lipinski definition) is 4. The Balaban J connectivity index is 1.90. The Morgan fingerprint density at radius 1 is 1.26 bits per heavy atom. The number of nitrogens with zero attached hydrogens (tertiary/aromatic N) is 2. The number of nitrogens with two attached hydrogens (primary N) is 1. The Bertz CT molecular complexity index is 660. The number of furan rings is 1. The fourth-order valence-electron chi connectivity index (χ4n) is 2.04. The molecule has 3 heterocycles. The van der Waals surface area contributed by atoms with E-state index in [1.54, 1.807) is 18.0 Å². The van der Waals surface area contributed by atoms with Gasteiger partial charge in [-0.05, 0) is 30.8 Å². The molecule has 3 aromatic rings. The van der Waals surface area contributed by atoms with E-state index in [1.807, 2.05) is 36.5 Å². The van der Waals surface area contributed by atoms with Crippen LogP contribution in [0.5, 0.6) is 0 Å². The summed E-state index contributed by atoms with van der Waals surface area (Å²) >= 11 is 1.69. The van der Waals surface area contributed by atoms with E-state index in [1.165, 1.54) is 5.69 Å². The van der Waals surface area contributed by atoms with Crippen molar-refractivity contribution in [1.82, 2.24) is 9.38 Å². The van der Waals surface area contributed by atoms with Gasteiger partial charge in [-0.25, -0.2) is 4.98 Å². The van der Waals surface area contributed by atoms with Crippen LogP contribution in [0, 0.1) is 0 Å². The SMILES string of the molecule is NCCc1c(SCc2ccco2)nc2ccccn12. The Kier molecular flexibility index (Phi) is 3.57. The van der Waals surface area contributed by atoms with Crippen molar-refractivity contribution in [2.45, 2.75) is 17.2 Å². The molecule has 0 aromatic carbocycles. The number of aromatic nitrogens is 2. The molecule has 0 bridgehead atoms. The second-order valence-corrected chi connectivity index (χ2v) is 5.16. The first-order chi connectivity index (χ1) is 9.38. The number of thioether (sulfide) groups is 1. The number of imidazole rings is 1. The van der Waals surface area contributed by atoms with Crippen LogP contribution in [0.2, 0.25) is 0 Å². The maximum atomic E-state index is 5.70. The molecule has 4 nitrogen and oxygen atoms in total. The number of fused-ring (bicyclic) bond motifs is 1. The van der Waals surface area contributed by atoms with Crippen molar-refractivity contribution in [2.24, 2.45) is 5.73 Å². The summed E-state index contributed by atoms with van der Waals surface area (Å²) in [5.74, 6) is 1.75. The molecule has 0 aliphatic carbocycles. The first-order valence-corrected chi connectivity index (χ1v) is 7.18. The first kappa shape index (κ1) is 12.3. The minimum absolute atomic E-state index is 0.622. The Hall–Kier alpha value is -1.72. The third-order valence-corrected chi connectivity index (χ3v) is 3.93. The number of pyridine rings is 1. The fourth-order valence-corrected chi connectivity index (χ4v) is 3.01. The van der Waals surface area contributed by atoms with Gasteiger partial charge in [0, 0.05) is 12.6 Å². The van der Waals surface area contributed by atoms with Crippen LogP contribution in [0.25, 0.3) is 5.65 Å². The zero-order chi connectivity index (χ0) is 13.1. The van der Waals surface area contributed by atoms with Gasteiger partial charge in [-0.1, -0.05) is 17.8 Å². The molecule has 2 N–H and O–H groups in total. The van der Waals surface area contributed by atoms with E-state index in [2.05, 4.69) is 9.38 Å². The van der Waals surface area contributed by atoms with E-state index in [4.69, 9.17) is 10.2 Å². The van der Waals surface area contributed by atoms with Gasteiger partial charge in [-0.2, -0.15) is 0 Å². The molecule has 0 atom stereocenters. The molecule has 0 aliphatic heterocycles. The number of hydrogen-bond donors (Lipinski definition) is 1. The van der Waals surface area contributed by atoms with E-state index in [0.717, 1.165) is 28.6 Å². The summed E-state index contributed by atoms with van der Waals surface area (Å²) in [5.41, 5.74) is 7.84. The summed E-state index contributed by atoms with van der Waals surface area (Å²) in [6.45, 7) is 0.622. The highest BCUT2D eigenvalue weighted by atomic mass is 32.2. The lowest BCUT2D eigenvalue weighted by Crippen LogP contribution is -2.05. The van der Waals surface area contributed by atoms with Gasteiger partial charge in [0.2, 0.25) is 0 Å². The molecule has 3 aromatic heterocycles. The molecular weight excluding hydrogens is 258 g/mol. The molecule has 0 saturated heterocycles. The molecule has 3 rings (SSSR count). The van der Waals surface area contributed by atoms with Gasteiger partial charge in [0.1, 0.15) is 16.4 Å². The average molecular weight is 273 g/mol. The summed E-state index contributed by atoms with van der Waals surface area (Å²) in [6.07, 6.45) is 4.55. The van der Waals surface area contributed by atoms with Gasteiger partial charge >= 0.3 is 0 Å². The molecule has 0 amide bonds. The van der Waals surface area contributed by atoms with Crippen LogP contribution in [0.3, 0.4) is 0 Å². The lowest BCUT2D eigenvalue weighted by atomic mass is 10.3. The average Bonchev–Trinajstić information content (AvgIpc) is 3.05. The smallest absolute Gasteiger partial charge is 0.138 e. The number of rotatable bonds is 5. The van der Waals surface area contributed by atoms with Crippen molar-refractivity contribution in [2.75, 3.05) is 6.54 Å². The van der Waals surface area contributed by atoms with E-state index in [0.29, 0.717) is 6.54 Å². The van der Waals surface area contributed by atoms with Crippen molar-refractivity contribution in [1.29, 1.82) is 0 Å². The van der Waals surface area contributed by atoms with Crippen LogP contribution in [0.1, 0.15) is 11.5 Å². The second kappa shape index (κ2) is 5.50. The standard InChI is InChI=1S/C14H15N3OS/c15-7-6-12-14(19-10-11-4-3-9-18-11)16-13-5-1-2-8-17(12)13/h1-5,8-9H,6-7,10,15H2. The van der Waals surface area contributed by atoms with Crippen molar-refractivity contribution in [3.05, 3.63) is 54.2 Å². The van der Waals surface area contributed by atoms with Gasteiger partial charge < -0.3 is 14.6 Å². The summed E-state index contributed by atoms with van der Waals surface area (Å²) < 4.78 is 7.46. The van der Waals surface area contributed by atoms with Gasteiger partial charge in [0.05, 0.1) is 17.7 Å². The van der Waals surface area contributed by atoms with Gasteiger partial charge in [-0.15, -0.1) is 0 Å². The molecule has 0 saturated carbocycles. The van der Waals surface area contributed by atoms with E-state index in [9.17, 15) is 0 Å². The van der Waals surface area contributed by atoms with Crippen LogP contribution < -0.4 is 5.73 Å². The van der Waals surface area contributed by atoms with Crippen molar-refractivity contribution in [3.63, 3.8) is 0 Å². The second-order valence-electron chi connectivity index (χ2n) is 4.20. The van der Waals surface area contributed by atoms with Gasteiger partial charge in [0.25, 0.3) is 0 Å². The highest BCUT2D eigenvalue weighted by Gasteiger charge is 2.12. The third kappa shape index (κ3) is 2.52. The van der Waals surface area contributed by atoms with Crippen LogP contribution in [0.4, 0.5) is 0 Å². The van der Waals surface area contributed by atoms with Crippen LogP contribution in [0.15, 0.2) is 52.2 Å². The van der Waals surface area contributed by atoms with Crippen LogP contribution >= 0.6 is 11.8 Å². The van der Waals surface area contributed by atoms with Crippen LogP contribution in [-0.2, 0) is 12.2 Å². The maximum Gasteiger partial charge on any atom is 0.138 e. The molecule has 0 radical (unpaired) electrons. The van der Waals surface area contributed by atoms with Gasteiger partial charge in [-0.3, -0.25) is 0 Å². The Morgan fingerprint density at radius 2 is 2.21 bits per heavy atom. The van der Waals surface area contributed by atoms with Crippen molar-refractivity contribution in [3.8, 4) is 0 Å². The highest BCUT2D eigenvalue weighted by Crippen LogP contribution is 2.27. The molecule has 98 valence electrons. The largest absolute Gasteiger partial charge is 0.468 e.